The topological polar surface area (TPSA) is 94.2 Å². The zero-order valence-electron chi connectivity index (χ0n) is 24.1. The number of carbonyl (C=O) groups excluding carboxylic acids is 3. The van der Waals surface area contributed by atoms with Gasteiger partial charge in [-0.3, -0.25) is 14.4 Å². The summed E-state index contributed by atoms with van der Waals surface area (Å²) in [5.74, 6) is -0.478. The van der Waals surface area contributed by atoms with Gasteiger partial charge in [0.25, 0.3) is 0 Å². The first-order valence-electron chi connectivity index (χ1n) is 14.5. The van der Waals surface area contributed by atoms with Gasteiger partial charge < -0.3 is 24.4 Å². The van der Waals surface area contributed by atoms with E-state index in [0.29, 0.717) is 39.6 Å². The summed E-state index contributed by atoms with van der Waals surface area (Å²) in [6, 6.07) is 25.6. The molecule has 1 saturated heterocycles. The molecule has 8 nitrogen and oxygen atoms in total. The molecular weight excluding hydrogens is 556 g/mol. The Morgan fingerprint density at radius 1 is 0.886 bits per heavy atom. The van der Waals surface area contributed by atoms with E-state index in [1.165, 1.54) is 0 Å². The van der Waals surface area contributed by atoms with Gasteiger partial charge in [0.2, 0.25) is 12.7 Å². The van der Waals surface area contributed by atoms with E-state index in [9.17, 15) is 9.59 Å². The van der Waals surface area contributed by atoms with Crippen molar-refractivity contribution in [3.8, 4) is 17.2 Å². The number of ether oxygens (including phenoxy) is 3. The van der Waals surface area contributed by atoms with Gasteiger partial charge in [-0.2, -0.15) is 0 Å². The molecule has 8 rings (SSSR count). The molecule has 8 heteroatoms. The smallest absolute Gasteiger partial charge is 0.238 e. The van der Waals surface area contributed by atoms with Crippen molar-refractivity contribution >= 4 is 34.4 Å². The number of rotatable bonds is 5. The SMILES string of the molecule is COc1cccc(C(=O)[C@@H]2[C@H](C(=O)c3ccc4c(c3)OCO4)[C@@]3(C(=O)Nc4ccccc43)[C@H]3C=C(C)c4ccccc4N23)c1. The molecule has 0 bridgehead atoms. The molecule has 4 atom stereocenters. The molecule has 0 radical (unpaired) electrons. The number of nitrogens with one attached hydrogen (secondary N) is 1. The molecule has 1 amide bonds. The maximum absolute atomic E-state index is 15.1. The fourth-order valence-corrected chi connectivity index (χ4v) is 7.56. The van der Waals surface area contributed by atoms with E-state index >= 15 is 4.79 Å². The van der Waals surface area contributed by atoms with E-state index in [1.54, 1.807) is 49.6 Å². The predicted octanol–water partition coefficient (Wildman–Crippen LogP) is 5.67. The molecule has 0 saturated carbocycles. The van der Waals surface area contributed by atoms with Crippen molar-refractivity contribution in [3.05, 3.63) is 119 Å². The van der Waals surface area contributed by atoms with Gasteiger partial charge in [0.05, 0.1) is 19.1 Å². The second kappa shape index (κ2) is 9.57. The van der Waals surface area contributed by atoms with Crippen LogP contribution in [-0.4, -0.2) is 43.5 Å². The standard InChI is InChI=1S/C36H28N2O6/c1-20-16-30-36(25-11-4-5-12-26(25)37-35(36)41)31(33(39)22-14-15-28-29(18-22)44-19-43-28)32(38(30)27-13-6-3-10-24(20)27)34(40)21-8-7-9-23(17-21)42-2/h3-18,30-32H,19H2,1-2H3,(H,37,41)/t30-,31-,32+,36+/m1/s1. The summed E-state index contributed by atoms with van der Waals surface area (Å²) in [6.45, 7) is 2.07. The Bertz CT molecular complexity index is 1930. The Kier molecular flexibility index (Phi) is 5.71. The van der Waals surface area contributed by atoms with Crippen molar-refractivity contribution in [2.45, 2.75) is 24.4 Å². The van der Waals surface area contributed by atoms with E-state index in [2.05, 4.69) is 5.32 Å². The molecule has 0 aliphatic carbocycles. The van der Waals surface area contributed by atoms with Crippen LogP contribution in [0.2, 0.25) is 0 Å². The molecule has 0 aromatic heterocycles. The lowest BCUT2D eigenvalue weighted by molar-refractivity contribution is -0.121. The van der Waals surface area contributed by atoms with Gasteiger partial charge in [-0.05, 0) is 60.5 Å². The first kappa shape index (κ1) is 26.3. The van der Waals surface area contributed by atoms with E-state index < -0.39 is 23.4 Å². The quantitative estimate of drug-likeness (QED) is 0.302. The Hall–Kier alpha value is -5.37. The summed E-state index contributed by atoms with van der Waals surface area (Å²) in [7, 11) is 1.55. The van der Waals surface area contributed by atoms with Crippen molar-refractivity contribution in [2.75, 3.05) is 24.1 Å². The Morgan fingerprint density at radius 2 is 1.66 bits per heavy atom. The van der Waals surface area contributed by atoms with Gasteiger partial charge in [-0.1, -0.05) is 54.6 Å². The summed E-state index contributed by atoms with van der Waals surface area (Å²) in [5, 5.41) is 3.07. The largest absolute Gasteiger partial charge is 0.497 e. The summed E-state index contributed by atoms with van der Waals surface area (Å²) in [6.07, 6.45) is 2.04. The minimum absolute atomic E-state index is 0.0593. The lowest BCUT2D eigenvalue weighted by Gasteiger charge is -2.39. The molecule has 44 heavy (non-hydrogen) atoms. The molecule has 218 valence electrons. The molecule has 0 unspecified atom stereocenters. The van der Waals surface area contributed by atoms with E-state index in [0.717, 1.165) is 16.8 Å². The highest BCUT2D eigenvalue weighted by Gasteiger charge is 2.70. The van der Waals surface area contributed by atoms with Gasteiger partial charge in [0.15, 0.2) is 23.1 Å². The van der Waals surface area contributed by atoms with Crippen LogP contribution in [0, 0.1) is 5.92 Å². The van der Waals surface area contributed by atoms with Crippen LogP contribution in [-0.2, 0) is 10.2 Å². The zero-order chi connectivity index (χ0) is 30.2. The van der Waals surface area contributed by atoms with Gasteiger partial charge >= 0.3 is 0 Å². The first-order valence-corrected chi connectivity index (χ1v) is 14.5. The van der Waals surface area contributed by atoms with Crippen molar-refractivity contribution in [1.29, 1.82) is 0 Å². The number of anilines is 2. The third-order valence-corrected chi connectivity index (χ3v) is 9.45. The lowest BCUT2D eigenvalue weighted by Crippen LogP contribution is -2.51. The van der Waals surface area contributed by atoms with Crippen molar-refractivity contribution in [2.24, 2.45) is 5.92 Å². The van der Waals surface area contributed by atoms with Crippen LogP contribution in [0.1, 0.15) is 38.8 Å². The number of fused-ring (bicyclic) bond motifs is 7. The van der Waals surface area contributed by atoms with Crippen molar-refractivity contribution in [1.82, 2.24) is 0 Å². The van der Waals surface area contributed by atoms with Crippen LogP contribution in [0.5, 0.6) is 17.2 Å². The number of para-hydroxylation sites is 2. The second-order valence-electron chi connectivity index (χ2n) is 11.5. The fraction of sp³-hybridized carbons (Fsp3) is 0.194. The third-order valence-electron chi connectivity index (χ3n) is 9.45. The maximum atomic E-state index is 15.1. The maximum Gasteiger partial charge on any atom is 0.238 e. The minimum Gasteiger partial charge on any atom is -0.497 e. The summed E-state index contributed by atoms with van der Waals surface area (Å²) in [5.41, 5.74) is 3.39. The van der Waals surface area contributed by atoms with Gasteiger partial charge in [0.1, 0.15) is 17.2 Å². The van der Waals surface area contributed by atoms with Crippen LogP contribution < -0.4 is 24.4 Å². The van der Waals surface area contributed by atoms with Crippen LogP contribution in [0.25, 0.3) is 5.57 Å². The molecule has 1 spiro atoms. The van der Waals surface area contributed by atoms with Crippen LogP contribution in [0.15, 0.2) is 97.1 Å². The fourth-order valence-electron chi connectivity index (χ4n) is 7.56. The number of allylic oxidation sites excluding steroid dienone is 1. The molecule has 4 heterocycles. The number of hydrogen-bond acceptors (Lipinski definition) is 7. The van der Waals surface area contributed by atoms with Gasteiger partial charge in [-0.25, -0.2) is 0 Å². The van der Waals surface area contributed by atoms with Crippen LogP contribution >= 0.6 is 0 Å². The lowest BCUT2D eigenvalue weighted by atomic mass is 9.64. The van der Waals surface area contributed by atoms with Crippen molar-refractivity contribution in [3.63, 3.8) is 0 Å². The summed E-state index contributed by atoms with van der Waals surface area (Å²) in [4.78, 5) is 46.5. The molecule has 4 aliphatic rings. The highest BCUT2D eigenvalue weighted by molar-refractivity contribution is 6.18. The molecular formula is C36H28N2O6. The molecule has 1 fully saturated rings. The minimum atomic E-state index is -1.40. The zero-order valence-corrected chi connectivity index (χ0v) is 24.1. The van der Waals surface area contributed by atoms with Crippen LogP contribution in [0.4, 0.5) is 11.4 Å². The normalized spacial score (nSPS) is 23.9. The number of amides is 1. The summed E-state index contributed by atoms with van der Waals surface area (Å²) >= 11 is 0. The summed E-state index contributed by atoms with van der Waals surface area (Å²) < 4.78 is 16.6. The Labute approximate surface area is 253 Å². The highest BCUT2D eigenvalue weighted by Crippen LogP contribution is 2.59. The third kappa shape index (κ3) is 3.48. The number of benzene rings is 4. The number of ketones is 2. The molecule has 4 aromatic rings. The first-order chi connectivity index (χ1) is 21.4. The number of nitrogens with zero attached hydrogens (tertiary/aromatic N) is 1. The Balaban J connectivity index is 1.42. The van der Waals surface area contributed by atoms with E-state index in [1.807, 2.05) is 66.4 Å². The average molecular weight is 585 g/mol. The van der Waals surface area contributed by atoms with E-state index in [-0.39, 0.29) is 24.3 Å². The monoisotopic (exact) mass is 584 g/mol. The number of Topliss-reactive ketones (excluding diaryl/α,β-unsaturated/α-hetero) is 2. The van der Waals surface area contributed by atoms with Gasteiger partial charge in [-0.15, -0.1) is 0 Å². The number of hydrogen-bond donors (Lipinski definition) is 1. The molecule has 4 aromatic carbocycles. The average Bonchev–Trinajstić information content (AvgIpc) is 3.73. The second-order valence-corrected chi connectivity index (χ2v) is 11.5. The Morgan fingerprint density at radius 3 is 2.52 bits per heavy atom. The molecule has 4 aliphatic heterocycles. The van der Waals surface area contributed by atoms with E-state index in [4.69, 9.17) is 14.2 Å². The number of carbonyl (C=O) groups is 3. The predicted molar refractivity (Wildman–Crippen MR) is 165 cm³/mol. The highest BCUT2D eigenvalue weighted by atomic mass is 16.7. The van der Waals surface area contributed by atoms with Crippen molar-refractivity contribution < 1.29 is 28.6 Å². The van der Waals surface area contributed by atoms with Crippen LogP contribution in [0.3, 0.4) is 0 Å². The number of methoxy groups -OCH3 is 1. The molecule has 1 N–H and O–H groups in total. The van der Waals surface area contributed by atoms with Gasteiger partial charge in [0, 0.05) is 28.1 Å².